The van der Waals surface area contributed by atoms with Crippen molar-refractivity contribution >= 4 is 28.9 Å². The molecule has 0 saturated heterocycles. The van der Waals surface area contributed by atoms with Gasteiger partial charge in [-0.05, 0) is 56.0 Å². The zero-order chi connectivity index (χ0) is 23.5. The fraction of sp³-hybridized carbons (Fsp3) is 0.333. The summed E-state index contributed by atoms with van der Waals surface area (Å²) in [6.07, 6.45) is -1.41. The first-order chi connectivity index (χ1) is 14.9. The van der Waals surface area contributed by atoms with Crippen LogP contribution in [0.5, 0.6) is 0 Å². The number of nitrogens with one attached hydrogen (secondary N) is 1. The number of aliphatic carboxylic acids is 1. The molecule has 1 atom stereocenters. The van der Waals surface area contributed by atoms with E-state index in [2.05, 4.69) is 20.3 Å². The van der Waals surface area contributed by atoms with Gasteiger partial charge < -0.3 is 15.5 Å². The summed E-state index contributed by atoms with van der Waals surface area (Å²) in [6.45, 7) is 3.43. The predicted molar refractivity (Wildman–Crippen MR) is 114 cm³/mol. The third kappa shape index (κ3) is 6.01. The first-order valence-corrected chi connectivity index (χ1v) is 10.5. The lowest BCUT2D eigenvalue weighted by molar-refractivity contribution is -0.141. The van der Waals surface area contributed by atoms with Gasteiger partial charge in [-0.2, -0.15) is 13.2 Å². The molecule has 3 rings (SSSR count). The number of aromatic nitrogens is 3. The lowest BCUT2D eigenvalue weighted by Crippen LogP contribution is -2.21. The van der Waals surface area contributed by atoms with Gasteiger partial charge in [0.1, 0.15) is 16.3 Å². The molecule has 2 aromatic heterocycles. The molecule has 0 aliphatic heterocycles. The Balaban J connectivity index is 1.82. The second-order valence-corrected chi connectivity index (χ2v) is 8.56. The molecule has 3 aromatic rings. The minimum atomic E-state index is -4.57. The van der Waals surface area contributed by atoms with Crippen molar-refractivity contribution in [1.29, 1.82) is 0 Å². The zero-order valence-electron chi connectivity index (χ0n) is 17.3. The number of anilines is 2. The van der Waals surface area contributed by atoms with E-state index in [1.165, 1.54) is 11.3 Å². The Bertz CT molecular complexity index is 1120. The summed E-state index contributed by atoms with van der Waals surface area (Å²) in [7, 11) is 0. The molecule has 0 spiro atoms. The Morgan fingerprint density at radius 3 is 2.66 bits per heavy atom. The predicted octanol–water partition coefficient (Wildman–Crippen LogP) is 5.13. The molecule has 0 aliphatic rings. The fourth-order valence-corrected chi connectivity index (χ4v) is 4.03. The summed E-state index contributed by atoms with van der Waals surface area (Å²) in [5, 5.41) is 22.7. The van der Waals surface area contributed by atoms with Gasteiger partial charge >= 0.3 is 12.1 Å². The third-order valence-electron chi connectivity index (χ3n) is 4.58. The largest absolute Gasteiger partial charge is 0.481 e. The second-order valence-electron chi connectivity index (χ2n) is 7.53. The first-order valence-electron chi connectivity index (χ1n) is 9.64. The molecule has 32 heavy (non-hydrogen) atoms. The smallest absolute Gasteiger partial charge is 0.433 e. The lowest BCUT2D eigenvalue weighted by atomic mass is 10.00. The highest BCUT2D eigenvalue weighted by atomic mass is 32.1. The molecular weight excluding hydrogens is 445 g/mol. The van der Waals surface area contributed by atoms with E-state index in [0.29, 0.717) is 17.1 Å². The van der Waals surface area contributed by atoms with Crippen LogP contribution in [0.2, 0.25) is 0 Å². The summed E-state index contributed by atoms with van der Waals surface area (Å²) in [4.78, 5) is 23.1. The number of carboxylic acid groups (broad SMARTS) is 1. The normalized spacial score (nSPS) is 13.6. The summed E-state index contributed by atoms with van der Waals surface area (Å²) >= 11 is 1.26. The number of hydrogen-bond donors (Lipinski definition) is 3. The van der Waals surface area contributed by atoms with Crippen molar-refractivity contribution in [2.75, 3.05) is 5.32 Å². The summed E-state index contributed by atoms with van der Waals surface area (Å²) in [5.74, 6) is -1.10. The van der Waals surface area contributed by atoms with Crippen molar-refractivity contribution in [1.82, 2.24) is 15.0 Å². The average Bonchev–Trinajstić information content (AvgIpc) is 3.18. The Morgan fingerprint density at radius 1 is 1.22 bits per heavy atom. The minimum Gasteiger partial charge on any atom is -0.481 e. The van der Waals surface area contributed by atoms with E-state index in [1.807, 2.05) is 13.0 Å². The molecule has 3 N–H and O–H groups in total. The van der Waals surface area contributed by atoms with E-state index < -0.39 is 23.4 Å². The monoisotopic (exact) mass is 466 g/mol. The van der Waals surface area contributed by atoms with Crippen LogP contribution in [-0.4, -0.2) is 31.1 Å². The average molecular weight is 466 g/mol. The number of rotatable bonds is 8. The Hall–Kier alpha value is -3.05. The van der Waals surface area contributed by atoms with Crippen LogP contribution in [0, 0.1) is 6.92 Å². The number of nitrogens with zero attached hydrogens (tertiary/aromatic N) is 3. The summed E-state index contributed by atoms with van der Waals surface area (Å²) in [6, 6.07) is 6.16. The maximum atomic E-state index is 12.9. The number of carbonyl (C=O) groups is 1. The molecule has 0 amide bonds. The van der Waals surface area contributed by atoms with Crippen LogP contribution in [0.4, 0.5) is 24.8 Å². The number of benzene rings is 1. The molecule has 2 heterocycles. The Kier molecular flexibility index (Phi) is 6.79. The highest BCUT2D eigenvalue weighted by Crippen LogP contribution is 2.36. The van der Waals surface area contributed by atoms with Crippen molar-refractivity contribution in [2.24, 2.45) is 0 Å². The molecule has 170 valence electrons. The number of aryl methyl sites for hydroxylation is 1. The van der Waals surface area contributed by atoms with E-state index in [9.17, 15) is 23.1 Å². The summed E-state index contributed by atoms with van der Waals surface area (Å²) in [5.41, 5.74) is -0.206. The van der Waals surface area contributed by atoms with Gasteiger partial charge in [0.15, 0.2) is 0 Å². The Labute approximate surface area is 186 Å². The van der Waals surface area contributed by atoms with Gasteiger partial charge in [-0.25, -0.2) is 15.0 Å². The number of thiazole rings is 1. The van der Waals surface area contributed by atoms with Crippen LogP contribution in [0.3, 0.4) is 0 Å². The van der Waals surface area contributed by atoms with Gasteiger partial charge in [0.2, 0.25) is 5.95 Å². The van der Waals surface area contributed by atoms with Crippen molar-refractivity contribution in [3.8, 4) is 10.4 Å². The lowest BCUT2D eigenvalue weighted by Gasteiger charge is -2.19. The molecule has 11 heteroatoms. The first kappa shape index (κ1) is 23.6. The Morgan fingerprint density at radius 2 is 1.97 bits per heavy atom. The van der Waals surface area contributed by atoms with E-state index in [1.54, 1.807) is 25.3 Å². The van der Waals surface area contributed by atoms with Crippen molar-refractivity contribution in [3.05, 3.63) is 52.9 Å². The number of aliphatic hydroxyl groups is 1. The highest BCUT2D eigenvalue weighted by molar-refractivity contribution is 7.15. The van der Waals surface area contributed by atoms with Gasteiger partial charge in [0, 0.05) is 24.5 Å². The number of hydrogen-bond acceptors (Lipinski definition) is 7. The molecule has 7 nitrogen and oxygen atoms in total. The number of halogens is 3. The fourth-order valence-electron chi connectivity index (χ4n) is 3.05. The maximum Gasteiger partial charge on any atom is 0.433 e. The zero-order valence-corrected chi connectivity index (χ0v) is 18.1. The van der Waals surface area contributed by atoms with Crippen LogP contribution in [-0.2, 0) is 16.6 Å². The number of alkyl halides is 3. The van der Waals surface area contributed by atoms with Crippen LogP contribution in [0.1, 0.15) is 42.5 Å². The van der Waals surface area contributed by atoms with Crippen molar-refractivity contribution < 1.29 is 28.2 Å². The topological polar surface area (TPSA) is 108 Å². The molecule has 0 fully saturated rings. The van der Waals surface area contributed by atoms with Gasteiger partial charge in [0.05, 0.1) is 4.88 Å². The van der Waals surface area contributed by atoms with Crippen LogP contribution >= 0.6 is 11.3 Å². The quantitative estimate of drug-likeness (QED) is 0.422. The van der Waals surface area contributed by atoms with Gasteiger partial charge in [-0.1, -0.05) is 6.07 Å². The minimum absolute atomic E-state index is 0.0428. The molecule has 1 aromatic carbocycles. The standard InChI is InChI=1S/C21H21F3N4O3S/c1-12-8-13(15-11-26-18(32-15)20(2,31)6-3-4-17(29)30)10-14(9-12)27-19-25-7-5-16(28-19)21(22,23)24/h5,7-11,31H,3-4,6H2,1-2H3,(H,29,30)(H,25,27,28). The molecular formula is C21H21F3N4O3S. The summed E-state index contributed by atoms with van der Waals surface area (Å²) < 4.78 is 38.7. The van der Waals surface area contributed by atoms with E-state index in [-0.39, 0.29) is 18.8 Å². The number of carboxylic acids is 1. The SMILES string of the molecule is Cc1cc(Nc2nccc(C(F)(F)F)n2)cc(-c2cnc(C(C)(O)CCCC(=O)O)s2)c1. The molecule has 1 unspecified atom stereocenters. The van der Waals surface area contributed by atoms with Crippen LogP contribution in [0.25, 0.3) is 10.4 Å². The van der Waals surface area contributed by atoms with Crippen LogP contribution in [0.15, 0.2) is 36.7 Å². The van der Waals surface area contributed by atoms with Crippen molar-refractivity contribution in [2.45, 2.75) is 44.9 Å². The second kappa shape index (κ2) is 9.21. The van der Waals surface area contributed by atoms with Gasteiger partial charge in [-0.3, -0.25) is 4.79 Å². The molecule has 0 bridgehead atoms. The molecule has 0 saturated carbocycles. The maximum absolute atomic E-state index is 12.9. The third-order valence-corrected chi connectivity index (χ3v) is 5.88. The van der Waals surface area contributed by atoms with Crippen LogP contribution < -0.4 is 5.32 Å². The van der Waals surface area contributed by atoms with Gasteiger partial charge in [-0.15, -0.1) is 11.3 Å². The van der Waals surface area contributed by atoms with E-state index >= 15 is 0 Å². The van der Waals surface area contributed by atoms with E-state index in [0.717, 1.165) is 28.3 Å². The molecule has 0 radical (unpaired) electrons. The van der Waals surface area contributed by atoms with Gasteiger partial charge in [0.25, 0.3) is 0 Å². The molecule has 0 aliphatic carbocycles. The van der Waals surface area contributed by atoms with E-state index in [4.69, 9.17) is 5.11 Å². The van der Waals surface area contributed by atoms with Crippen molar-refractivity contribution in [3.63, 3.8) is 0 Å². The highest BCUT2D eigenvalue weighted by Gasteiger charge is 2.33.